The molecule has 0 unspecified atom stereocenters. The molecule has 0 aliphatic carbocycles. The lowest BCUT2D eigenvalue weighted by atomic mass is 9.96. The summed E-state index contributed by atoms with van der Waals surface area (Å²) in [4.78, 5) is 0. The average molecular weight is 207 g/mol. The molecule has 15 heavy (non-hydrogen) atoms. The van der Waals surface area contributed by atoms with Crippen LogP contribution >= 0.6 is 0 Å². The fraction of sp³-hybridized carbons (Fsp3) is 0.538. The van der Waals surface area contributed by atoms with Crippen molar-refractivity contribution in [3.05, 3.63) is 28.3 Å². The lowest BCUT2D eigenvalue weighted by Crippen LogP contribution is -2.03. The molecular weight excluding hydrogens is 186 g/mol. The average Bonchev–Trinajstić information content (AvgIpc) is 2.22. The summed E-state index contributed by atoms with van der Waals surface area (Å²) in [6.07, 6.45) is 2.11. The Bertz CT molecular complexity index is 345. The lowest BCUT2D eigenvalue weighted by molar-refractivity contribution is 0.408. The first kappa shape index (κ1) is 12.1. The van der Waals surface area contributed by atoms with Gasteiger partial charge in [-0.25, -0.2) is 0 Å². The van der Waals surface area contributed by atoms with Crippen molar-refractivity contribution in [2.45, 2.75) is 33.6 Å². The van der Waals surface area contributed by atoms with E-state index >= 15 is 0 Å². The summed E-state index contributed by atoms with van der Waals surface area (Å²) in [6.45, 7) is 7.12. The summed E-state index contributed by atoms with van der Waals surface area (Å²) in [5.41, 5.74) is 10.7. The highest BCUT2D eigenvalue weighted by atomic mass is 16.5. The van der Waals surface area contributed by atoms with E-state index in [9.17, 15) is 0 Å². The molecule has 2 heteroatoms. The normalized spacial score (nSPS) is 10.5. The second-order valence-corrected chi connectivity index (χ2v) is 4.03. The molecule has 0 fully saturated rings. The van der Waals surface area contributed by atoms with E-state index in [-0.39, 0.29) is 0 Å². The summed E-state index contributed by atoms with van der Waals surface area (Å²) in [6, 6.07) is 2.22. The maximum atomic E-state index is 5.53. The third-order valence-electron chi connectivity index (χ3n) is 2.99. The zero-order valence-electron chi connectivity index (χ0n) is 10.2. The predicted octanol–water partition coefficient (Wildman–Crippen LogP) is 2.51. The summed E-state index contributed by atoms with van der Waals surface area (Å²) >= 11 is 0. The van der Waals surface area contributed by atoms with Crippen LogP contribution in [-0.2, 0) is 6.42 Å². The van der Waals surface area contributed by atoms with Gasteiger partial charge in [0, 0.05) is 0 Å². The van der Waals surface area contributed by atoms with Gasteiger partial charge in [-0.3, -0.25) is 0 Å². The van der Waals surface area contributed by atoms with Crippen molar-refractivity contribution in [1.29, 1.82) is 0 Å². The van der Waals surface area contributed by atoms with Gasteiger partial charge in [0.2, 0.25) is 0 Å². The molecule has 0 amide bonds. The quantitative estimate of drug-likeness (QED) is 0.823. The Morgan fingerprint density at radius 1 is 1.20 bits per heavy atom. The largest absolute Gasteiger partial charge is 0.496 e. The zero-order valence-corrected chi connectivity index (χ0v) is 10.2. The minimum Gasteiger partial charge on any atom is -0.496 e. The van der Waals surface area contributed by atoms with Crippen LogP contribution in [0.4, 0.5) is 0 Å². The molecule has 0 heterocycles. The summed E-state index contributed by atoms with van der Waals surface area (Å²) in [5, 5.41) is 0. The van der Waals surface area contributed by atoms with Crippen LogP contribution in [0.3, 0.4) is 0 Å². The predicted molar refractivity (Wildman–Crippen MR) is 64.6 cm³/mol. The van der Waals surface area contributed by atoms with Gasteiger partial charge in [0.05, 0.1) is 7.11 Å². The minimum absolute atomic E-state index is 0.754. The molecule has 1 aromatic carbocycles. The molecule has 1 aromatic rings. The number of ether oxygens (including phenoxy) is 1. The number of hydrogen-bond donors (Lipinski definition) is 1. The van der Waals surface area contributed by atoms with Crippen molar-refractivity contribution in [3.63, 3.8) is 0 Å². The van der Waals surface area contributed by atoms with Gasteiger partial charge in [-0.15, -0.1) is 0 Å². The van der Waals surface area contributed by atoms with Crippen LogP contribution in [0, 0.1) is 20.8 Å². The number of benzene rings is 1. The molecule has 2 N–H and O–H groups in total. The van der Waals surface area contributed by atoms with E-state index < -0.39 is 0 Å². The van der Waals surface area contributed by atoms with E-state index in [4.69, 9.17) is 10.5 Å². The van der Waals surface area contributed by atoms with Gasteiger partial charge in [0.1, 0.15) is 5.75 Å². The molecule has 0 saturated carbocycles. The Labute approximate surface area is 92.4 Å². The molecule has 0 spiro atoms. The van der Waals surface area contributed by atoms with Crippen LogP contribution in [0.1, 0.15) is 28.7 Å². The number of methoxy groups -OCH3 is 1. The van der Waals surface area contributed by atoms with Crippen LogP contribution in [-0.4, -0.2) is 13.7 Å². The fourth-order valence-corrected chi connectivity index (χ4v) is 2.01. The SMILES string of the molecule is COc1c(C)cc(CCCN)c(C)c1C. The zero-order chi connectivity index (χ0) is 11.4. The van der Waals surface area contributed by atoms with Crippen LogP contribution < -0.4 is 10.5 Å². The second kappa shape index (κ2) is 5.17. The highest BCUT2D eigenvalue weighted by Gasteiger charge is 2.09. The second-order valence-electron chi connectivity index (χ2n) is 4.03. The van der Waals surface area contributed by atoms with Gasteiger partial charge in [-0.2, -0.15) is 0 Å². The maximum Gasteiger partial charge on any atom is 0.124 e. The summed E-state index contributed by atoms with van der Waals surface area (Å²) in [5.74, 6) is 1.02. The first-order valence-corrected chi connectivity index (χ1v) is 5.45. The monoisotopic (exact) mass is 207 g/mol. The van der Waals surface area contributed by atoms with Gasteiger partial charge in [-0.1, -0.05) is 6.07 Å². The molecule has 0 aliphatic rings. The highest BCUT2D eigenvalue weighted by molar-refractivity contribution is 5.48. The van der Waals surface area contributed by atoms with E-state index in [1.165, 1.54) is 22.3 Å². The van der Waals surface area contributed by atoms with Crippen molar-refractivity contribution >= 4 is 0 Å². The van der Waals surface area contributed by atoms with E-state index in [0.29, 0.717) is 0 Å². The Balaban J connectivity index is 3.10. The fourth-order valence-electron chi connectivity index (χ4n) is 2.01. The standard InChI is InChI=1S/C13H21NO/c1-9-8-12(6-5-7-14)10(2)11(3)13(9)15-4/h8H,5-7,14H2,1-4H3. The van der Waals surface area contributed by atoms with Gasteiger partial charge >= 0.3 is 0 Å². The molecule has 0 aromatic heterocycles. The number of hydrogen-bond acceptors (Lipinski definition) is 2. The lowest BCUT2D eigenvalue weighted by Gasteiger charge is -2.15. The Morgan fingerprint density at radius 2 is 1.87 bits per heavy atom. The van der Waals surface area contributed by atoms with Crippen molar-refractivity contribution in [3.8, 4) is 5.75 Å². The molecule has 1 rings (SSSR count). The third-order valence-corrected chi connectivity index (χ3v) is 2.99. The van der Waals surface area contributed by atoms with Crippen molar-refractivity contribution in [2.75, 3.05) is 13.7 Å². The molecule has 0 aliphatic heterocycles. The Morgan fingerprint density at radius 3 is 2.40 bits per heavy atom. The van der Waals surface area contributed by atoms with Gasteiger partial charge in [0.15, 0.2) is 0 Å². The Kier molecular flexibility index (Phi) is 4.15. The molecule has 0 saturated heterocycles. The molecular formula is C13H21NO. The number of nitrogens with two attached hydrogens (primary N) is 1. The van der Waals surface area contributed by atoms with Crippen molar-refractivity contribution in [2.24, 2.45) is 5.73 Å². The third kappa shape index (κ3) is 2.51. The maximum absolute atomic E-state index is 5.53. The van der Waals surface area contributed by atoms with Crippen molar-refractivity contribution in [1.82, 2.24) is 0 Å². The minimum atomic E-state index is 0.754. The molecule has 0 radical (unpaired) electrons. The van der Waals surface area contributed by atoms with Crippen molar-refractivity contribution < 1.29 is 4.74 Å². The molecule has 2 nitrogen and oxygen atoms in total. The molecule has 0 atom stereocenters. The number of aryl methyl sites for hydroxylation is 2. The van der Waals surface area contributed by atoms with Crippen LogP contribution in [0.15, 0.2) is 6.07 Å². The summed E-state index contributed by atoms with van der Waals surface area (Å²) in [7, 11) is 1.73. The topological polar surface area (TPSA) is 35.2 Å². The van der Waals surface area contributed by atoms with Gasteiger partial charge in [0.25, 0.3) is 0 Å². The van der Waals surface area contributed by atoms with Gasteiger partial charge < -0.3 is 10.5 Å². The van der Waals surface area contributed by atoms with E-state index in [0.717, 1.165) is 25.1 Å². The highest BCUT2D eigenvalue weighted by Crippen LogP contribution is 2.28. The molecule has 0 bridgehead atoms. The van der Waals surface area contributed by atoms with E-state index in [1.54, 1.807) is 7.11 Å². The van der Waals surface area contributed by atoms with E-state index in [2.05, 4.69) is 26.8 Å². The first-order valence-electron chi connectivity index (χ1n) is 5.45. The van der Waals surface area contributed by atoms with E-state index in [1.807, 2.05) is 0 Å². The smallest absolute Gasteiger partial charge is 0.124 e. The van der Waals surface area contributed by atoms with Crippen LogP contribution in [0.5, 0.6) is 5.75 Å². The first-order chi connectivity index (χ1) is 7.11. The molecule has 84 valence electrons. The Hall–Kier alpha value is -1.02. The summed E-state index contributed by atoms with van der Waals surface area (Å²) < 4.78 is 5.39. The van der Waals surface area contributed by atoms with Gasteiger partial charge in [-0.05, 0) is 62.4 Å². The number of rotatable bonds is 4. The van der Waals surface area contributed by atoms with Crippen LogP contribution in [0.25, 0.3) is 0 Å². The van der Waals surface area contributed by atoms with Crippen LogP contribution in [0.2, 0.25) is 0 Å².